The molecule has 2 rings (SSSR count). The van der Waals surface area contributed by atoms with Gasteiger partial charge in [0, 0.05) is 18.3 Å². The zero-order chi connectivity index (χ0) is 11.5. The Morgan fingerprint density at radius 1 is 1.31 bits per heavy atom. The Balaban J connectivity index is 1.99. The summed E-state index contributed by atoms with van der Waals surface area (Å²) in [7, 11) is 2.24. The second-order valence-corrected chi connectivity index (χ2v) is 5.04. The Morgan fingerprint density at radius 3 is 2.62 bits per heavy atom. The van der Waals surface area contributed by atoms with E-state index in [4.69, 9.17) is 5.73 Å². The fourth-order valence-corrected chi connectivity index (χ4v) is 2.60. The lowest BCUT2D eigenvalue weighted by Gasteiger charge is -2.24. The first-order chi connectivity index (χ1) is 7.66. The van der Waals surface area contributed by atoms with Gasteiger partial charge in [0.25, 0.3) is 0 Å². The second kappa shape index (κ2) is 4.88. The minimum absolute atomic E-state index is 0.790. The molecule has 1 fully saturated rings. The number of hydrogen-bond donors (Lipinski definition) is 1. The summed E-state index contributed by atoms with van der Waals surface area (Å²) in [5, 5.41) is 0. The Morgan fingerprint density at radius 2 is 2.00 bits per heavy atom. The van der Waals surface area contributed by atoms with Gasteiger partial charge in [0.15, 0.2) is 0 Å². The Labute approximate surface area is 98.4 Å². The van der Waals surface area contributed by atoms with Crippen LogP contribution in [0.3, 0.4) is 0 Å². The van der Waals surface area contributed by atoms with Crippen molar-refractivity contribution in [1.29, 1.82) is 0 Å². The van der Waals surface area contributed by atoms with Crippen LogP contribution in [0.2, 0.25) is 0 Å². The van der Waals surface area contributed by atoms with Crippen LogP contribution < -0.4 is 5.73 Å². The first-order valence-corrected chi connectivity index (χ1v) is 6.22. The highest BCUT2D eigenvalue weighted by molar-refractivity contribution is 5.47. The van der Waals surface area contributed by atoms with Crippen molar-refractivity contribution in [3.8, 4) is 0 Å². The van der Waals surface area contributed by atoms with Gasteiger partial charge < -0.3 is 5.73 Å². The van der Waals surface area contributed by atoms with Crippen molar-refractivity contribution in [2.24, 2.45) is 0 Å². The third kappa shape index (κ3) is 2.56. The molecule has 2 N–H and O–H groups in total. The number of nitrogens with zero attached hydrogens (tertiary/aromatic N) is 1. The van der Waals surface area contributed by atoms with Crippen LogP contribution in [0.5, 0.6) is 0 Å². The summed E-state index contributed by atoms with van der Waals surface area (Å²) in [5.41, 5.74) is 9.29. The van der Waals surface area contributed by atoms with E-state index in [2.05, 4.69) is 31.0 Å². The molecule has 1 saturated carbocycles. The number of benzene rings is 1. The molecule has 88 valence electrons. The molecule has 0 unspecified atom stereocenters. The third-order valence-corrected chi connectivity index (χ3v) is 3.71. The van der Waals surface area contributed by atoms with Crippen molar-refractivity contribution in [3.63, 3.8) is 0 Å². The van der Waals surface area contributed by atoms with Crippen LogP contribution in [0.1, 0.15) is 36.8 Å². The monoisotopic (exact) mass is 218 g/mol. The molecule has 0 atom stereocenters. The summed E-state index contributed by atoms with van der Waals surface area (Å²) >= 11 is 0. The minimum Gasteiger partial charge on any atom is -0.399 e. The van der Waals surface area contributed by atoms with E-state index < -0.39 is 0 Å². The molecule has 1 aromatic rings. The molecule has 2 nitrogen and oxygen atoms in total. The van der Waals surface area contributed by atoms with Gasteiger partial charge in [-0.3, -0.25) is 4.90 Å². The van der Waals surface area contributed by atoms with Crippen molar-refractivity contribution >= 4 is 5.69 Å². The molecular weight excluding hydrogens is 196 g/mol. The van der Waals surface area contributed by atoms with E-state index >= 15 is 0 Å². The molecule has 1 aliphatic rings. The third-order valence-electron chi connectivity index (χ3n) is 3.71. The van der Waals surface area contributed by atoms with Gasteiger partial charge in [-0.15, -0.1) is 0 Å². The second-order valence-electron chi connectivity index (χ2n) is 5.04. The largest absolute Gasteiger partial charge is 0.399 e. The van der Waals surface area contributed by atoms with Gasteiger partial charge in [-0.1, -0.05) is 25.0 Å². The van der Waals surface area contributed by atoms with Crippen molar-refractivity contribution in [1.82, 2.24) is 4.90 Å². The van der Waals surface area contributed by atoms with Crippen LogP contribution >= 0.6 is 0 Å². The lowest BCUT2D eigenvalue weighted by Crippen LogP contribution is -2.28. The van der Waals surface area contributed by atoms with Crippen molar-refractivity contribution in [2.45, 2.75) is 45.2 Å². The van der Waals surface area contributed by atoms with Crippen LogP contribution in [0.15, 0.2) is 18.2 Å². The number of nitrogen functional groups attached to an aromatic ring is 1. The van der Waals surface area contributed by atoms with Crippen LogP contribution in [-0.4, -0.2) is 18.0 Å². The van der Waals surface area contributed by atoms with E-state index in [1.807, 2.05) is 6.07 Å². The molecule has 0 saturated heterocycles. The van der Waals surface area contributed by atoms with Gasteiger partial charge in [0.2, 0.25) is 0 Å². The van der Waals surface area contributed by atoms with Gasteiger partial charge >= 0.3 is 0 Å². The van der Waals surface area contributed by atoms with Gasteiger partial charge in [-0.05, 0) is 44.0 Å². The number of aryl methyl sites for hydroxylation is 1. The molecule has 0 bridgehead atoms. The summed E-state index contributed by atoms with van der Waals surface area (Å²) in [6.45, 7) is 3.13. The highest BCUT2D eigenvalue weighted by atomic mass is 15.1. The minimum atomic E-state index is 0.790. The maximum atomic E-state index is 5.83. The topological polar surface area (TPSA) is 29.3 Å². The molecule has 16 heavy (non-hydrogen) atoms. The summed E-state index contributed by atoms with van der Waals surface area (Å²) < 4.78 is 0. The number of hydrogen-bond acceptors (Lipinski definition) is 2. The van der Waals surface area contributed by atoms with Crippen molar-refractivity contribution < 1.29 is 0 Å². The number of anilines is 1. The van der Waals surface area contributed by atoms with Crippen molar-refractivity contribution in [2.75, 3.05) is 12.8 Å². The maximum Gasteiger partial charge on any atom is 0.0343 e. The highest BCUT2D eigenvalue weighted by Gasteiger charge is 2.19. The molecule has 0 radical (unpaired) electrons. The van der Waals surface area contributed by atoms with Crippen LogP contribution in [0, 0.1) is 6.92 Å². The molecule has 0 aliphatic heterocycles. The van der Waals surface area contributed by atoms with Crippen molar-refractivity contribution in [3.05, 3.63) is 29.3 Å². The Hall–Kier alpha value is -1.02. The summed E-state index contributed by atoms with van der Waals surface area (Å²) in [6.07, 6.45) is 5.53. The molecule has 0 heterocycles. The lowest BCUT2D eigenvalue weighted by molar-refractivity contribution is 0.237. The summed E-state index contributed by atoms with van der Waals surface area (Å²) in [4.78, 5) is 2.48. The van der Waals surface area contributed by atoms with E-state index in [9.17, 15) is 0 Å². The molecule has 0 spiro atoms. The van der Waals surface area contributed by atoms with E-state index in [-0.39, 0.29) is 0 Å². The number of rotatable bonds is 3. The average molecular weight is 218 g/mol. The van der Waals surface area contributed by atoms with Gasteiger partial charge in [-0.2, -0.15) is 0 Å². The van der Waals surface area contributed by atoms with Crippen LogP contribution in [0.4, 0.5) is 5.69 Å². The Kier molecular flexibility index (Phi) is 3.49. The molecule has 2 heteroatoms. The standard InChI is InChI=1S/C14H22N2/c1-11-9-12(7-8-14(11)15)10-16(2)13-5-3-4-6-13/h7-9,13H,3-6,10,15H2,1-2H3. The fraction of sp³-hybridized carbons (Fsp3) is 0.571. The van der Waals surface area contributed by atoms with Gasteiger partial charge in [0.1, 0.15) is 0 Å². The molecule has 0 aromatic heterocycles. The fourth-order valence-electron chi connectivity index (χ4n) is 2.60. The predicted octanol–water partition coefficient (Wildman–Crippen LogP) is 2.95. The first-order valence-electron chi connectivity index (χ1n) is 6.22. The van der Waals surface area contributed by atoms with Gasteiger partial charge in [-0.25, -0.2) is 0 Å². The van der Waals surface area contributed by atoms with E-state index in [1.165, 1.54) is 36.8 Å². The quantitative estimate of drug-likeness (QED) is 0.790. The molecule has 1 aromatic carbocycles. The Bertz CT molecular complexity index is 354. The SMILES string of the molecule is Cc1cc(CN(C)C2CCCC2)ccc1N. The normalized spacial score (nSPS) is 17.2. The number of nitrogens with two attached hydrogens (primary N) is 1. The highest BCUT2D eigenvalue weighted by Crippen LogP contribution is 2.24. The van der Waals surface area contributed by atoms with E-state index in [1.54, 1.807) is 0 Å². The smallest absolute Gasteiger partial charge is 0.0343 e. The van der Waals surface area contributed by atoms with E-state index in [0.29, 0.717) is 0 Å². The average Bonchev–Trinajstić information content (AvgIpc) is 2.77. The predicted molar refractivity (Wildman–Crippen MR) is 69.3 cm³/mol. The first kappa shape index (κ1) is 11.5. The summed E-state index contributed by atoms with van der Waals surface area (Å²) in [6, 6.07) is 7.17. The zero-order valence-electron chi connectivity index (χ0n) is 10.4. The van der Waals surface area contributed by atoms with E-state index in [0.717, 1.165) is 18.3 Å². The molecule has 0 amide bonds. The molecule has 1 aliphatic carbocycles. The molecular formula is C14H22N2. The lowest BCUT2D eigenvalue weighted by atomic mass is 10.1. The van der Waals surface area contributed by atoms with Crippen LogP contribution in [-0.2, 0) is 6.54 Å². The summed E-state index contributed by atoms with van der Waals surface area (Å²) in [5.74, 6) is 0. The zero-order valence-corrected chi connectivity index (χ0v) is 10.4. The maximum absolute atomic E-state index is 5.83. The van der Waals surface area contributed by atoms with Gasteiger partial charge in [0.05, 0.1) is 0 Å². The van der Waals surface area contributed by atoms with Crippen LogP contribution in [0.25, 0.3) is 0 Å².